The molecule has 0 bridgehead atoms. The largest absolute Gasteiger partial charge is 0.462 e. The van der Waals surface area contributed by atoms with Crippen LogP contribution in [0.25, 0.3) is 0 Å². The second-order valence-electron chi connectivity index (χ2n) is 5.77. The molecular weight excluding hydrogens is 302 g/mol. The summed E-state index contributed by atoms with van der Waals surface area (Å²) in [6.07, 6.45) is 1.51. The maximum atomic E-state index is 12.1. The zero-order valence-electron chi connectivity index (χ0n) is 13.6. The van der Waals surface area contributed by atoms with Crippen LogP contribution in [0.1, 0.15) is 50.9 Å². The fourth-order valence-corrected chi connectivity index (χ4v) is 2.98. The molecule has 22 heavy (non-hydrogen) atoms. The molecule has 0 radical (unpaired) electrons. The maximum absolute atomic E-state index is 12.1. The number of nitrogens with one attached hydrogen (secondary N) is 1. The summed E-state index contributed by atoms with van der Waals surface area (Å²) in [6, 6.07) is 5.66. The molecule has 1 N–H and O–H groups in total. The van der Waals surface area contributed by atoms with Crippen molar-refractivity contribution < 1.29 is 17.9 Å². The SMILES string of the molecule is CCC(C)NS(=O)(=O)c1ccc(C(=O)OCCC(C)C)cc1. The van der Waals surface area contributed by atoms with E-state index in [0.717, 1.165) is 6.42 Å². The van der Waals surface area contributed by atoms with Crippen LogP contribution in [0.4, 0.5) is 0 Å². The molecule has 0 fully saturated rings. The molecule has 0 aromatic heterocycles. The molecule has 0 aliphatic carbocycles. The van der Waals surface area contributed by atoms with E-state index in [9.17, 15) is 13.2 Å². The normalized spacial score (nSPS) is 13.1. The average Bonchev–Trinajstić information content (AvgIpc) is 2.46. The Morgan fingerprint density at radius 3 is 2.27 bits per heavy atom. The molecule has 0 amide bonds. The number of hydrogen-bond donors (Lipinski definition) is 1. The lowest BCUT2D eigenvalue weighted by Gasteiger charge is -2.12. The van der Waals surface area contributed by atoms with Crippen LogP contribution in [-0.4, -0.2) is 27.0 Å². The number of esters is 1. The highest BCUT2D eigenvalue weighted by Crippen LogP contribution is 2.13. The molecule has 6 heteroatoms. The lowest BCUT2D eigenvalue weighted by atomic mass is 10.1. The molecule has 0 aliphatic heterocycles. The van der Waals surface area contributed by atoms with E-state index in [4.69, 9.17) is 4.74 Å². The third-order valence-corrected chi connectivity index (χ3v) is 4.90. The van der Waals surface area contributed by atoms with Crippen LogP contribution < -0.4 is 4.72 Å². The van der Waals surface area contributed by atoms with E-state index in [1.807, 2.05) is 6.92 Å². The molecule has 0 aliphatic rings. The molecule has 0 saturated carbocycles. The van der Waals surface area contributed by atoms with Gasteiger partial charge in [0.05, 0.1) is 17.1 Å². The first-order valence-electron chi connectivity index (χ1n) is 7.55. The zero-order chi connectivity index (χ0) is 16.8. The molecule has 0 spiro atoms. The van der Waals surface area contributed by atoms with Crippen molar-refractivity contribution >= 4 is 16.0 Å². The van der Waals surface area contributed by atoms with Gasteiger partial charge in [-0.3, -0.25) is 0 Å². The lowest BCUT2D eigenvalue weighted by molar-refractivity contribution is 0.0488. The maximum Gasteiger partial charge on any atom is 0.338 e. The molecule has 1 unspecified atom stereocenters. The summed E-state index contributed by atoms with van der Waals surface area (Å²) in [7, 11) is -3.54. The van der Waals surface area contributed by atoms with Gasteiger partial charge in [-0.2, -0.15) is 0 Å². The summed E-state index contributed by atoms with van der Waals surface area (Å²) < 4.78 is 31.9. The number of sulfonamides is 1. The Morgan fingerprint density at radius 2 is 1.77 bits per heavy atom. The van der Waals surface area contributed by atoms with E-state index >= 15 is 0 Å². The number of rotatable bonds is 8. The molecule has 124 valence electrons. The van der Waals surface area contributed by atoms with Gasteiger partial charge in [-0.1, -0.05) is 20.8 Å². The molecule has 1 aromatic carbocycles. The summed E-state index contributed by atoms with van der Waals surface area (Å²) >= 11 is 0. The number of hydrogen-bond acceptors (Lipinski definition) is 4. The fourth-order valence-electron chi connectivity index (χ4n) is 1.66. The highest BCUT2D eigenvalue weighted by Gasteiger charge is 2.17. The van der Waals surface area contributed by atoms with E-state index in [1.165, 1.54) is 24.3 Å². The standard InChI is InChI=1S/C16H25NO4S/c1-5-13(4)17-22(19,20)15-8-6-14(7-9-15)16(18)21-11-10-12(2)3/h6-9,12-13,17H,5,10-11H2,1-4H3. The smallest absolute Gasteiger partial charge is 0.338 e. The van der Waals surface area contributed by atoms with Crippen molar-refractivity contribution in [2.45, 2.75) is 51.5 Å². The van der Waals surface area contributed by atoms with Gasteiger partial charge in [-0.05, 0) is 49.9 Å². The summed E-state index contributed by atoms with van der Waals surface area (Å²) in [5.74, 6) is 0.0337. The minimum atomic E-state index is -3.54. The zero-order valence-corrected chi connectivity index (χ0v) is 14.4. The number of benzene rings is 1. The highest BCUT2D eigenvalue weighted by atomic mass is 32.2. The predicted octanol–water partition coefficient (Wildman–Crippen LogP) is 2.97. The first-order chi connectivity index (χ1) is 10.3. The van der Waals surface area contributed by atoms with Gasteiger partial charge in [0.25, 0.3) is 0 Å². The molecule has 1 atom stereocenters. The second kappa shape index (κ2) is 8.29. The summed E-state index contributed by atoms with van der Waals surface area (Å²) in [5, 5.41) is 0. The number of carbonyl (C=O) groups is 1. The Balaban J connectivity index is 2.72. The van der Waals surface area contributed by atoms with Gasteiger partial charge < -0.3 is 4.74 Å². The molecule has 0 saturated heterocycles. The summed E-state index contributed by atoms with van der Waals surface area (Å²) in [6.45, 7) is 8.18. The van der Waals surface area contributed by atoms with E-state index in [1.54, 1.807) is 6.92 Å². The van der Waals surface area contributed by atoms with Crippen LogP contribution in [0, 0.1) is 5.92 Å². The van der Waals surface area contributed by atoms with Crippen molar-refractivity contribution in [1.82, 2.24) is 4.72 Å². The molecule has 1 aromatic rings. The summed E-state index contributed by atoms with van der Waals surface area (Å²) in [5.41, 5.74) is 0.353. The quantitative estimate of drug-likeness (QED) is 0.745. The third-order valence-electron chi connectivity index (χ3n) is 3.30. The predicted molar refractivity (Wildman–Crippen MR) is 86.3 cm³/mol. The van der Waals surface area contributed by atoms with Gasteiger partial charge in [-0.15, -0.1) is 0 Å². The Bertz CT molecular complexity index is 579. The summed E-state index contributed by atoms with van der Waals surface area (Å²) in [4.78, 5) is 12.0. The van der Waals surface area contributed by atoms with Crippen molar-refractivity contribution in [3.05, 3.63) is 29.8 Å². The third kappa shape index (κ3) is 5.77. The van der Waals surface area contributed by atoms with E-state index in [2.05, 4.69) is 18.6 Å². The number of carbonyl (C=O) groups excluding carboxylic acids is 1. The molecule has 1 rings (SSSR count). The second-order valence-corrected chi connectivity index (χ2v) is 7.49. The van der Waals surface area contributed by atoms with Gasteiger partial charge in [0.2, 0.25) is 10.0 Å². The van der Waals surface area contributed by atoms with Crippen molar-refractivity contribution in [1.29, 1.82) is 0 Å². The van der Waals surface area contributed by atoms with Gasteiger partial charge in [-0.25, -0.2) is 17.9 Å². The van der Waals surface area contributed by atoms with Crippen LogP contribution in [0.5, 0.6) is 0 Å². The van der Waals surface area contributed by atoms with E-state index in [0.29, 0.717) is 24.5 Å². The van der Waals surface area contributed by atoms with Crippen molar-refractivity contribution in [2.24, 2.45) is 5.92 Å². The topological polar surface area (TPSA) is 72.5 Å². The van der Waals surface area contributed by atoms with Crippen LogP contribution in [0.2, 0.25) is 0 Å². The van der Waals surface area contributed by atoms with Gasteiger partial charge in [0, 0.05) is 6.04 Å². The van der Waals surface area contributed by atoms with E-state index < -0.39 is 16.0 Å². The van der Waals surface area contributed by atoms with Crippen LogP contribution in [0.3, 0.4) is 0 Å². The van der Waals surface area contributed by atoms with Crippen LogP contribution in [-0.2, 0) is 14.8 Å². The van der Waals surface area contributed by atoms with Gasteiger partial charge in [0.1, 0.15) is 0 Å². The molecule has 0 heterocycles. The lowest BCUT2D eigenvalue weighted by Crippen LogP contribution is -2.32. The minimum absolute atomic E-state index is 0.134. The van der Waals surface area contributed by atoms with Crippen molar-refractivity contribution in [3.8, 4) is 0 Å². The first kappa shape index (κ1) is 18.6. The minimum Gasteiger partial charge on any atom is -0.462 e. The first-order valence-corrected chi connectivity index (χ1v) is 9.04. The van der Waals surface area contributed by atoms with Crippen molar-refractivity contribution in [2.75, 3.05) is 6.61 Å². The number of ether oxygens (including phenoxy) is 1. The Hall–Kier alpha value is -1.40. The molecular formula is C16H25NO4S. The monoisotopic (exact) mass is 327 g/mol. The van der Waals surface area contributed by atoms with E-state index in [-0.39, 0.29) is 10.9 Å². The van der Waals surface area contributed by atoms with Crippen LogP contribution >= 0.6 is 0 Å². The Morgan fingerprint density at radius 1 is 1.18 bits per heavy atom. The highest BCUT2D eigenvalue weighted by molar-refractivity contribution is 7.89. The fraction of sp³-hybridized carbons (Fsp3) is 0.562. The van der Waals surface area contributed by atoms with Crippen LogP contribution in [0.15, 0.2) is 29.2 Å². The molecule has 5 nitrogen and oxygen atoms in total. The van der Waals surface area contributed by atoms with Gasteiger partial charge >= 0.3 is 5.97 Å². The Labute approximate surface area is 133 Å². The average molecular weight is 327 g/mol. The Kier molecular flexibility index (Phi) is 7.03. The van der Waals surface area contributed by atoms with Gasteiger partial charge in [0.15, 0.2) is 0 Å². The van der Waals surface area contributed by atoms with Crippen molar-refractivity contribution in [3.63, 3.8) is 0 Å².